The molecule has 90 valence electrons. The van der Waals surface area contributed by atoms with E-state index in [1.54, 1.807) is 11.8 Å². The molecule has 0 radical (unpaired) electrons. The van der Waals surface area contributed by atoms with E-state index in [9.17, 15) is 4.79 Å². The second kappa shape index (κ2) is 7.96. The van der Waals surface area contributed by atoms with Crippen molar-refractivity contribution >= 4 is 17.7 Å². The van der Waals surface area contributed by atoms with Crippen molar-refractivity contribution in [3.63, 3.8) is 0 Å². The predicted octanol–water partition coefficient (Wildman–Crippen LogP) is 0.133. The smallest absolute Gasteiger partial charge is 0.237 e. The van der Waals surface area contributed by atoms with E-state index in [4.69, 9.17) is 5.73 Å². The lowest BCUT2D eigenvalue weighted by Crippen LogP contribution is -2.45. The Balaban J connectivity index is 3.73. The summed E-state index contributed by atoms with van der Waals surface area (Å²) >= 11 is 1.71. The van der Waals surface area contributed by atoms with Gasteiger partial charge in [-0.05, 0) is 39.4 Å². The number of nitrogens with zero attached hydrogens (tertiary/aromatic N) is 1. The van der Waals surface area contributed by atoms with Gasteiger partial charge in [0, 0.05) is 12.6 Å². The summed E-state index contributed by atoms with van der Waals surface area (Å²) in [6, 6.07) is -0.0338. The first kappa shape index (κ1) is 14.7. The van der Waals surface area contributed by atoms with Crippen molar-refractivity contribution < 1.29 is 4.79 Å². The summed E-state index contributed by atoms with van der Waals surface area (Å²) in [5.41, 5.74) is 5.73. The van der Waals surface area contributed by atoms with Gasteiger partial charge in [-0.15, -0.1) is 0 Å². The second-order valence-corrected chi connectivity index (χ2v) is 4.93. The van der Waals surface area contributed by atoms with Gasteiger partial charge in [0.15, 0.2) is 0 Å². The third-order valence-corrected chi connectivity index (χ3v) is 3.07. The van der Waals surface area contributed by atoms with Gasteiger partial charge in [0.05, 0.1) is 6.04 Å². The van der Waals surface area contributed by atoms with Crippen LogP contribution in [0.15, 0.2) is 0 Å². The summed E-state index contributed by atoms with van der Waals surface area (Å²) in [5.74, 6) is 0.885. The second-order valence-electron chi connectivity index (χ2n) is 3.95. The van der Waals surface area contributed by atoms with Gasteiger partial charge >= 0.3 is 0 Å². The highest BCUT2D eigenvalue weighted by Gasteiger charge is 2.13. The highest BCUT2D eigenvalue weighted by molar-refractivity contribution is 7.98. The topological polar surface area (TPSA) is 58.4 Å². The summed E-state index contributed by atoms with van der Waals surface area (Å²) in [6.07, 6.45) is 2.75. The largest absolute Gasteiger partial charge is 0.353 e. The molecular formula is C10H23N3OS. The molecule has 0 aromatic heterocycles. The van der Waals surface area contributed by atoms with Crippen molar-refractivity contribution in [2.24, 2.45) is 5.73 Å². The Labute approximate surface area is 97.0 Å². The molecule has 0 saturated heterocycles. The standard InChI is InChI=1S/C10H23N3OS/c1-8(13(2)3)7-12-10(14)9(11)5-6-15-4/h8-9H,5-7,11H2,1-4H3,(H,12,14)/t8?,9-/m0/s1. The zero-order chi connectivity index (χ0) is 11.8. The monoisotopic (exact) mass is 233 g/mol. The van der Waals surface area contributed by atoms with Crippen LogP contribution in [-0.2, 0) is 4.79 Å². The third kappa shape index (κ3) is 6.76. The SMILES string of the molecule is CSCC[C@H](N)C(=O)NCC(C)N(C)C. The van der Waals surface area contributed by atoms with Gasteiger partial charge in [0.25, 0.3) is 0 Å². The van der Waals surface area contributed by atoms with E-state index in [0.29, 0.717) is 12.6 Å². The minimum Gasteiger partial charge on any atom is -0.353 e. The third-order valence-electron chi connectivity index (χ3n) is 2.42. The average molecular weight is 233 g/mol. The molecule has 0 aromatic carbocycles. The molecular weight excluding hydrogens is 210 g/mol. The van der Waals surface area contributed by atoms with E-state index in [0.717, 1.165) is 12.2 Å². The Morgan fingerprint density at radius 3 is 2.60 bits per heavy atom. The van der Waals surface area contributed by atoms with Gasteiger partial charge in [-0.3, -0.25) is 4.79 Å². The summed E-state index contributed by atoms with van der Waals surface area (Å²) in [7, 11) is 3.98. The van der Waals surface area contributed by atoms with Crippen LogP contribution in [0.1, 0.15) is 13.3 Å². The maximum absolute atomic E-state index is 11.5. The quantitative estimate of drug-likeness (QED) is 0.656. The first-order chi connectivity index (χ1) is 6.99. The molecule has 0 aliphatic rings. The molecule has 1 amide bonds. The van der Waals surface area contributed by atoms with E-state index >= 15 is 0 Å². The van der Waals surface area contributed by atoms with Crippen LogP contribution < -0.4 is 11.1 Å². The van der Waals surface area contributed by atoms with Crippen molar-refractivity contribution in [2.75, 3.05) is 32.6 Å². The number of hydrogen-bond acceptors (Lipinski definition) is 4. The lowest BCUT2D eigenvalue weighted by Gasteiger charge is -2.21. The van der Waals surface area contributed by atoms with E-state index in [1.807, 2.05) is 20.4 Å². The molecule has 0 spiro atoms. The van der Waals surface area contributed by atoms with Crippen molar-refractivity contribution in [1.29, 1.82) is 0 Å². The van der Waals surface area contributed by atoms with Crippen LogP contribution in [0.3, 0.4) is 0 Å². The van der Waals surface area contributed by atoms with Gasteiger partial charge in [-0.2, -0.15) is 11.8 Å². The summed E-state index contributed by atoms with van der Waals surface area (Å²) in [5, 5.41) is 2.86. The Kier molecular flexibility index (Phi) is 7.82. The number of thioether (sulfide) groups is 1. The van der Waals surface area contributed by atoms with E-state index < -0.39 is 0 Å². The maximum Gasteiger partial charge on any atom is 0.237 e. The number of amides is 1. The number of carbonyl (C=O) groups is 1. The average Bonchev–Trinajstić information content (AvgIpc) is 2.21. The summed E-state index contributed by atoms with van der Waals surface area (Å²) in [4.78, 5) is 13.6. The number of rotatable bonds is 7. The number of nitrogens with two attached hydrogens (primary N) is 1. The van der Waals surface area contributed by atoms with Crippen molar-refractivity contribution in [1.82, 2.24) is 10.2 Å². The molecule has 15 heavy (non-hydrogen) atoms. The minimum atomic E-state index is -0.369. The van der Waals surface area contributed by atoms with Crippen LogP contribution in [0, 0.1) is 0 Å². The molecule has 5 heteroatoms. The van der Waals surface area contributed by atoms with E-state index in [1.165, 1.54) is 0 Å². The van der Waals surface area contributed by atoms with Crippen LogP contribution in [0.25, 0.3) is 0 Å². The number of nitrogens with one attached hydrogen (secondary N) is 1. The van der Waals surface area contributed by atoms with Crippen LogP contribution in [0.4, 0.5) is 0 Å². The molecule has 2 atom stereocenters. The highest BCUT2D eigenvalue weighted by atomic mass is 32.2. The van der Waals surface area contributed by atoms with Gasteiger partial charge in [-0.1, -0.05) is 0 Å². The Bertz CT molecular complexity index is 188. The maximum atomic E-state index is 11.5. The molecule has 0 saturated carbocycles. The van der Waals surface area contributed by atoms with E-state index in [2.05, 4.69) is 17.1 Å². The normalized spacial score (nSPS) is 15.1. The molecule has 0 fully saturated rings. The van der Waals surface area contributed by atoms with Gasteiger partial charge in [-0.25, -0.2) is 0 Å². The summed E-state index contributed by atoms with van der Waals surface area (Å²) in [6.45, 7) is 2.71. The summed E-state index contributed by atoms with van der Waals surface area (Å²) < 4.78 is 0. The molecule has 0 rings (SSSR count). The first-order valence-electron chi connectivity index (χ1n) is 5.17. The highest BCUT2D eigenvalue weighted by Crippen LogP contribution is 1.98. The fourth-order valence-electron chi connectivity index (χ4n) is 0.938. The van der Waals surface area contributed by atoms with Gasteiger partial charge in [0.2, 0.25) is 5.91 Å². The Morgan fingerprint density at radius 2 is 2.13 bits per heavy atom. The van der Waals surface area contributed by atoms with E-state index in [-0.39, 0.29) is 11.9 Å². The lowest BCUT2D eigenvalue weighted by atomic mass is 10.2. The fourth-order valence-corrected chi connectivity index (χ4v) is 1.43. The molecule has 0 heterocycles. The molecule has 1 unspecified atom stereocenters. The number of carbonyl (C=O) groups excluding carboxylic acids is 1. The van der Waals surface area contributed by atoms with Crippen molar-refractivity contribution in [3.05, 3.63) is 0 Å². The molecule has 0 aromatic rings. The Hall–Kier alpha value is -0.260. The molecule has 0 aliphatic carbocycles. The molecule has 0 bridgehead atoms. The zero-order valence-corrected chi connectivity index (χ0v) is 10.9. The van der Waals surface area contributed by atoms with Crippen LogP contribution in [0.2, 0.25) is 0 Å². The number of hydrogen-bond donors (Lipinski definition) is 2. The van der Waals surface area contributed by atoms with Crippen LogP contribution >= 0.6 is 11.8 Å². The van der Waals surface area contributed by atoms with Gasteiger partial charge in [0.1, 0.15) is 0 Å². The molecule has 3 N–H and O–H groups in total. The predicted molar refractivity (Wildman–Crippen MR) is 67.1 cm³/mol. The van der Waals surface area contributed by atoms with Crippen LogP contribution in [0.5, 0.6) is 0 Å². The van der Waals surface area contributed by atoms with Crippen molar-refractivity contribution in [2.45, 2.75) is 25.4 Å². The van der Waals surface area contributed by atoms with Crippen LogP contribution in [-0.4, -0.2) is 55.5 Å². The zero-order valence-electron chi connectivity index (χ0n) is 10.1. The molecule has 0 aliphatic heterocycles. The first-order valence-corrected chi connectivity index (χ1v) is 6.57. The minimum absolute atomic E-state index is 0.0437. The number of likely N-dealkylation sites (N-methyl/N-ethyl adjacent to an activating group) is 1. The van der Waals surface area contributed by atoms with Crippen molar-refractivity contribution in [3.8, 4) is 0 Å². The lowest BCUT2D eigenvalue weighted by molar-refractivity contribution is -0.122. The Morgan fingerprint density at radius 1 is 1.53 bits per heavy atom. The van der Waals surface area contributed by atoms with Gasteiger partial charge < -0.3 is 16.0 Å². The fraction of sp³-hybridized carbons (Fsp3) is 0.900. The molecule has 4 nitrogen and oxygen atoms in total.